The van der Waals surface area contributed by atoms with E-state index in [1.165, 1.54) is 12.2 Å². The van der Waals surface area contributed by atoms with Crippen LogP contribution >= 0.6 is 31.9 Å². The first-order chi connectivity index (χ1) is 14.5. The molecule has 0 bridgehead atoms. The minimum atomic E-state index is -2.50. The quantitative estimate of drug-likeness (QED) is 0.387. The summed E-state index contributed by atoms with van der Waals surface area (Å²) in [5.41, 5.74) is -2.00. The van der Waals surface area contributed by atoms with Crippen LogP contribution in [0.4, 0.5) is 4.39 Å². The van der Waals surface area contributed by atoms with Crippen LogP contribution < -0.4 is 0 Å². The van der Waals surface area contributed by atoms with Crippen LogP contribution in [-0.4, -0.2) is 23.0 Å². The molecule has 2 aromatic rings. The lowest BCUT2D eigenvalue weighted by Gasteiger charge is -2.37. The van der Waals surface area contributed by atoms with Crippen LogP contribution in [0.3, 0.4) is 0 Å². The van der Waals surface area contributed by atoms with Gasteiger partial charge in [-0.1, -0.05) is 68.3 Å². The summed E-state index contributed by atoms with van der Waals surface area (Å²) in [5, 5.41) is 0. The summed E-state index contributed by atoms with van der Waals surface area (Å²) >= 11 is 6.75. The van der Waals surface area contributed by atoms with Crippen LogP contribution in [0.2, 0.25) is 0 Å². The summed E-state index contributed by atoms with van der Waals surface area (Å²) < 4.78 is 24.0. The summed E-state index contributed by atoms with van der Waals surface area (Å²) in [6.45, 7) is 5.08. The van der Waals surface area contributed by atoms with Crippen molar-refractivity contribution < 1.29 is 18.7 Å². The van der Waals surface area contributed by atoms with Crippen LogP contribution in [0.1, 0.15) is 44.2 Å². The molecule has 0 heterocycles. The van der Waals surface area contributed by atoms with Gasteiger partial charge in [-0.15, -0.1) is 0 Å². The van der Waals surface area contributed by atoms with E-state index in [-0.39, 0.29) is 17.8 Å². The maximum absolute atomic E-state index is 16.8. The fraction of sp³-hybridized carbons (Fsp3) is 0.280. The highest BCUT2D eigenvalue weighted by Gasteiger charge is 2.54. The minimum absolute atomic E-state index is 0.00571. The van der Waals surface area contributed by atoms with Gasteiger partial charge < -0.3 is 4.74 Å². The first-order valence-corrected chi connectivity index (χ1v) is 11.4. The van der Waals surface area contributed by atoms with Crippen molar-refractivity contribution in [2.45, 2.75) is 44.4 Å². The molecule has 0 spiro atoms. The standard InChI is InChI=1S/C25H23Br2FO3/c1-24(2,3)31-23(30)25(28)18(9-4-16-5-10-19(26)11-6-16)14-21(29)15-22(25)17-7-12-20(27)13-8-17/h4-14,22H,15H2,1-3H3/b9-4+/t22-,25+/m0/s1. The average molecular weight is 550 g/mol. The van der Waals surface area contributed by atoms with E-state index in [0.29, 0.717) is 5.56 Å². The average Bonchev–Trinajstić information content (AvgIpc) is 2.69. The molecule has 0 radical (unpaired) electrons. The van der Waals surface area contributed by atoms with Gasteiger partial charge in [-0.2, -0.15) is 0 Å². The number of carbonyl (C=O) groups is 2. The lowest BCUT2D eigenvalue weighted by atomic mass is 9.71. The zero-order valence-electron chi connectivity index (χ0n) is 17.5. The Morgan fingerprint density at radius 1 is 1.03 bits per heavy atom. The van der Waals surface area contributed by atoms with E-state index >= 15 is 4.39 Å². The molecule has 0 unspecified atom stereocenters. The number of hydrogen-bond acceptors (Lipinski definition) is 3. The molecule has 162 valence electrons. The summed E-state index contributed by atoms with van der Waals surface area (Å²) in [6, 6.07) is 14.4. The lowest BCUT2D eigenvalue weighted by molar-refractivity contribution is -0.168. The highest BCUT2D eigenvalue weighted by molar-refractivity contribution is 9.10. The molecule has 0 fully saturated rings. The molecule has 6 heteroatoms. The topological polar surface area (TPSA) is 43.4 Å². The smallest absolute Gasteiger partial charge is 0.349 e. The Bertz CT molecular complexity index is 1030. The summed E-state index contributed by atoms with van der Waals surface area (Å²) in [4.78, 5) is 25.7. The third kappa shape index (κ3) is 5.60. The number of halogens is 3. The molecule has 0 aromatic heterocycles. The molecule has 0 saturated heterocycles. The Hall–Kier alpha value is -2.05. The fourth-order valence-corrected chi connectivity index (χ4v) is 3.99. The highest BCUT2D eigenvalue weighted by atomic mass is 79.9. The number of rotatable bonds is 4. The fourth-order valence-electron chi connectivity index (χ4n) is 3.46. The van der Waals surface area contributed by atoms with Crippen molar-refractivity contribution in [1.82, 2.24) is 0 Å². The monoisotopic (exact) mass is 548 g/mol. The van der Waals surface area contributed by atoms with Crippen LogP contribution in [0.5, 0.6) is 0 Å². The molecule has 0 saturated carbocycles. The number of alkyl halides is 1. The minimum Gasteiger partial charge on any atom is -0.457 e. The van der Waals surface area contributed by atoms with Gasteiger partial charge >= 0.3 is 5.97 Å². The number of carbonyl (C=O) groups excluding carboxylic acids is 2. The van der Waals surface area contributed by atoms with Crippen LogP contribution in [0.25, 0.3) is 6.08 Å². The van der Waals surface area contributed by atoms with E-state index < -0.39 is 23.2 Å². The van der Waals surface area contributed by atoms with E-state index in [9.17, 15) is 9.59 Å². The number of hydrogen-bond donors (Lipinski definition) is 0. The van der Waals surface area contributed by atoms with E-state index in [0.717, 1.165) is 14.5 Å². The molecule has 0 amide bonds. The predicted octanol–water partition coefficient (Wildman–Crippen LogP) is 6.96. The van der Waals surface area contributed by atoms with Gasteiger partial charge in [-0.3, -0.25) is 4.79 Å². The molecular weight excluding hydrogens is 527 g/mol. The SMILES string of the molecule is CC(C)(C)OC(=O)[C@@]1(F)C(/C=C/c2ccc(Br)cc2)=CC(=O)C[C@H]1c1ccc(Br)cc1. The highest BCUT2D eigenvalue weighted by Crippen LogP contribution is 2.46. The Labute approximate surface area is 198 Å². The second-order valence-electron chi connectivity index (χ2n) is 8.47. The molecule has 1 aliphatic carbocycles. The third-order valence-corrected chi connectivity index (χ3v) is 5.97. The molecule has 3 rings (SSSR count). The zero-order valence-corrected chi connectivity index (χ0v) is 20.7. The molecule has 2 aromatic carbocycles. The van der Waals surface area contributed by atoms with Gasteiger partial charge in [0.2, 0.25) is 5.67 Å². The van der Waals surface area contributed by atoms with Gasteiger partial charge in [0.05, 0.1) is 0 Å². The Balaban J connectivity index is 2.08. The largest absolute Gasteiger partial charge is 0.457 e. The third-order valence-electron chi connectivity index (χ3n) is 4.92. The summed E-state index contributed by atoms with van der Waals surface area (Å²) in [6.07, 6.45) is 4.28. The second kappa shape index (κ2) is 9.21. The van der Waals surface area contributed by atoms with Crippen LogP contribution in [-0.2, 0) is 14.3 Å². The van der Waals surface area contributed by atoms with Crippen molar-refractivity contribution in [3.8, 4) is 0 Å². The van der Waals surface area contributed by atoms with Crippen LogP contribution in [0.15, 0.2) is 75.2 Å². The molecule has 3 nitrogen and oxygen atoms in total. The molecule has 31 heavy (non-hydrogen) atoms. The maximum atomic E-state index is 16.8. The first kappa shape index (κ1) is 23.6. The van der Waals surface area contributed by atoms with E-state index in [1.54, 1.807) is 51.1 Å². The van der Waals surface area contributed by atoms with Crippen LogP contribution in [0, 0.1) is 0 Å². The first-order valence-electron chi connectivity index (χ1n) is 9.85. The number of ether oxygens (including phenoxy) is 1. The number of ketones is 1. The van der Waals surface area contributed by atoms with Crippen molar-refractivity contribution in [2.75, 3.05) is 0 Å². The van der Waals surface area contributed by atoms with E-state index in [4.69, 9.17) is 4.74 Å². The van der Waals surface area contributed by atoms with Gasteiger partial charge in [-0.05, 0) is 62.2 Å². The Morgan fingerprint density at radius 2 is 1.58 bits per heavy atom. The van der Waals surface area contributed by atoms with Crippen molar-refractivity contribution in [3.63, 3.8) is 0 Å². The van der Waals surface area contributed by atoms with Gasteiger partial charge in [-0.25, -0.2) is 9.18 Å². The van der Waals surface area contributed by atoms with Gasteiger partial charge in [0.15, 0.2) is 5.78 Å². The lowest BCUT2D eigenvalue weighted by Crippen LogP contribution is -2.48. The van der Waals surface area contributed by atoms with E-state index in [2.05, 4.69) is 31.9 Å². The zero-order chi connectivity index (χ0) is 22.8. The Kier molecular flexibility index (Phi) is 7.01. The number of esters is 1. The molecule has 0 N–H and O–H groups in total. The molecule has 0 aliphatic heterocycles. The van der Waals surface area contributed by atoms with Gasteiger partial charge in [0.1, 0.15) is 5.60 Å². The summed E-state index contributed by atoms with van der Waals surface area (Å²) in [7, 11) is 0. The normalized spacial score (nSPS) is 21.8. The second-order valence-corrected chi connectivity index (χ2v) is 10.3. The molecule has 2 atom stereocenters. The number of benzene rings is 2. The molecular formula is C25H23Br2FO3. The predicted molar refractivity (Wildman–Crippen MR) is 127 cm³/mol. The van der Waals surface area contributed by atoms with Gasteiger partial charge in [0.25, 0.3) is 0 Å². The van der Waals surface area contributed by atoms with Crippen molar-refractivity contribution >= 4 is 49.7 Å². The molecule has 1 aliphatic rings. The maximum Gasteiger partial charge on any atom is 0.349 e. The van der Waals surface area contributed by atoms with Crippen molar-refractivity contribution in [3.05, 3.63) is 86.3 Å². The van der Waals surface area contributed by atoms with Crippen molar-refractivity contribution in [1.29, 1.82) is 0 Å². The number of allylic oxidation sites excluding steroid dienone is 2. The summed E-state index contributed by atoms with van der Waals surface area (Å²) in [5.74, 6) is -2.22. The van der Waals surface area contributed by atoms with Gasteiger partial charge in [0, 0.05) is 26.9 Å². The Morgan fingerprint density at radius 3 is 2.13 bits per heavy atom. The van der Waals surface area contributed by atoms with Crippen molar-refractivity contribution in [2.24, 2.45) is 0 Å². The van der Waals surface area contributed by atoms with E-state index in [1.807, 2.05) is 24.3 Å².